The number of benzene rings is 1. The van der Waals surface area contributed by atoms with Crippen molar-refractivity contribution in [3.05, 3.63) is 52.6 Å². The zero-order valence-electron chi connectivity index (χ0n) is 15.4. The molecule has 3 aromatic rings. The van der Waals surface area contributed by atoms with Crippen LogP contribution >= 0.6 is 11.3 Å². The summed E-state index contributed by atoms with van der Waals surface area (Å²) >= 11 is 1.39. The minimum atomic E-state index is 0.0280. The molecule has 0 radical (unpaired) electrons. The lowest BCUT2D eigenvalue weighted by Crippen LogP contribution is -2.64. The second kappa shape index (κ2) is 7.03. The maximum Gasteiger partial charge on any atom is 0.282 e. The molecule has 0 saturated carbocycles. The minimum absolute atomic E-state index is 0.0280. The number of rotatable bonds is 3. The monoisotopic (exact) mass is 395 g/mol. The summed E-state index contributed by atoms with van der Waals surface area (Å²) in [6, 6.07) is 8.16. The summed E-state index contributed by atoms with van der Waals surface area (Å²) in [4.78, 5) is 38.6. The number of piperazine rings is 1. The van der Waals surface area contributed by atoms with E-state index in [2.05, 4.69) is 14.9 Å². The minimum Gasteiger partial charge on any atom is -0.361 e. The number of H-pyrrole nitrogens is 1. The molecule has 0 unspecified atom stereocenters. The average Bonchev–Trinajstić information content (AvgIpc) is 3.38. The van der Waals surface area contributed by atoms with Crippen LogP contribution in [-0.2, 0) is 0 Å². The van der Waals surface area contributed by atoms with Gasteiger partial charge in [0, 0.05) is 79.6 Å². The van der Waals surface area contributed by atoms with Gasteiger partial charge < -0.3 is 14.8 Å². The summed E-state index contributed by atoms with van der Waals surface area (Å²) < 4.78 is 0. The molecule has 8 heteroatoms. The quantitative estimate of drug-likeness (QED) is 0.735. The number of carbonyl (C=O) groups is 2. The number of nitrogens with zero attached hydrogens (tertiary/aromatic N) is 4. The normalized spacial score (nSPS) is 18.4. The van der Waals surface area contributed by atoms with Crippen LogP contribution in [0.15, 0.2) is 42.0 Å². The van der Waals surface area contributed by atoms with Gasteiger partial charge in [-0.15, -0.1) is 11.3 Å². The van der Waals surface area contributed by atoms with Crippen molar-refractivity contribution in [1.29, 1.82) is 0 Å². The third-order valence-corrected chi connectivity index (χ3v) is 6.44. The fourth-order valence-electron chi connectivity index (χ4n) is 3.98. The second-order valence-electron chi connectivity index (χ2n) is 7.31. The van der Waals surface area contributed by atoms with Crippen molar-refractivity contribution in [2.24, 2.45) is 0 Å². The first-order chi connectivity index (χ1) is 13.7. The lowest BCUT2D eigenvalue weighted by molar-refractivity contribution is 0.00854. The Morgan fingerprint density at radius 1 is 1.04 bits per heavy atom. The first-order valence-corrected chi connectivity index (χ1v) is 10.4. The van der Waals surface area contributed by atoms with Crippen molar-refractivity contribution in [3.8, 4) is 0 Å². The highest BCUT2D eigenvalue weighted by atomic mass is 32.1. The third kappa shape index (κ3) is 3.08. The number of fused-ring (bicyclic) bond motifs is 1. The molecule has 5 rings (SSSR count). The van der Waals surface area contributed by atoms with E-state index in [4.69, 9.17) is 0 Å². The van der Waals surface area contributed by atoms with E-state index in [0.29, 0.717) is 24.1 Å². The average molecular weight is 395 g/mol. The molecule has 0 atom stereocenters. The molecule has 0 aliphatic carbocycles. The van der Waals surface area contributed by atoms with Crippen LogP contribution in [-0.4, -0.2) is 81.8 Å². The highest BCUT2D eigenvalue weighted by Gasteiger charge is 2.37. The van der Waals surface area contributed by atoms with Gasteiger partial charge in [0.05, 0.1) is 0 Å². The van der Waals surface area contributed by atoms with Crippen molar-refractivity contribution in [1.82, 2.24) is 24.7 Å². The van der Waals surface area contributed by atoms with E-state index in [1.807, 2.05) is 45.6 Å². The SMILES string of the molecule is O=C(c1ccc2[nH]ccc2c1)N1CC(N2CCN(C(=O)c3nccs3)CC2)C1. The highest BCUT2D eigenvalue weighted by molar-refractivity contribution is 7.11. The molecule has 2 aromatic heterocycles. The number of likely N-dealkylation sites (tertiary alicyclic amines) is 1. The Bertz CT molecular complexity index is 1000. The van der Waals surface area contributed by atoms with E-state index >= 15 is 0 Å². The Balaban J connectivity index is 1.14. The molecule has 0 spiro atoms. The van der Waals surface area contributed by atoms with Gasteiger partial charge in [-0.05, 0) is 24.3 Å². The van der Waals surface area contributed by atoms with E-state index in [1.165, 1.54) is 11.3 Å². The van der Waals surface area contributed by atoms with Crippen LogP contribution in [0.4, 0.5) is 0 Å². The molecule has 1 aromatic carbocycles. The van der Waals surface area contributed by atoms with Crippen molar-refractivity contribution in [2.75, 3.05) is 39.3 Å². The van der Waals surface area contributed by atoms with Crippen LogP contribution in [0.25, 0.3) is 10.9 Å². The summed E-state index contributed by atoms with van der Waals surface area (Å²) in [6.07, 6.45) is 3.55. The number of amides is 2. The van der Waals surface area contributed by atoms with Gasteiger partial charge in [-0.2, -0.15) is 0 Å². The van der Waals surface area contributed by atoms with Crippen LogP contribution in [0.2, 0.25) is 0 Å². The number of aromatic amines is 1. The smallest absolute Gasteiger partial charge is 0.282 e. The Labute approximate surface area is 166 Å². The van der Waals surface area contributed by atoms with Crippen LogP contribution < -0.4 is 0 Å². The van der Waals surface area contributed by atoms with Gasteiger partial charge in [-0.1, -0.05) is 0 Å². The molecule has 28 heavy (non-hydrogen) atoms. The number of hydrogen-bond donors (Lipinski definition) is 1. The summed E-state index contributed by atoms with van der Waals surface area (Å²) in [5, 5.41) is 3.45. The molecule has 1 N–H and O–H groups in total. The predicted octanol–water partition coefficient (Wildman–Crippen LogP) is 1.91. The van der Waals surface area contributed by atoms with Crippen LogP contribution in [0, 0.1) is 0 Å². The van der Waals surface area contributed by atoms with Gasteiger partial charge in [-0.25, -0.2) is 4.98 Å². The molecule has 4 heterocycles. The molecule has 2 saturated heterocycles. The molecular formula is C20H21N5O2S. The Morgan fingerprint density at radius 3 is 2.61 bits per heavy atom. The maximum absolute atomic E-state index is 12.7. The van der Waals surface area contributed by atoms with E-state index in [-0.39, 0.29) is 11.8 Å². The van der Waals surface area contributed by atoms with Crippen LogP contribution in [0.5, 0.6) is 0 Å². The molecule has 0 bridgehead atoms. The molecule has 2 fully saturated rings. The van der Waals surface area contributed by atoms with Gasteiger partial charge in [0.25, 0.3) is 11.8 Å². The topological polar surface area (TPSA) is 72.5 Å². The number of carbonyl (C=O) groups excluding carboxylic acids is 2. The maximum atomic E-state index is 12.7. The standard InChI is InChI=1S/C20H21N5O2S/c26-19(15-1-2-17-14(11-15)3-4-21-17)25-12-16(13-25)23-6-8-24(9-7-23)20(27)18-22-5-10-28-18/h1-5,10-11,16,21H,6-9,12-13H2. The Kier molecular flexibility index (Phi) is 4.37. The van der Waals surface area contributed by atoms with E-state index < -0.39 is 0 Å². The lowest BCUT2D eigenvalue weighted by Gasteiger charge is -2.48. The van der Waals surface area contributed by atoms with Gasteiger partial charge in [-0.3, -0.25) is 14.5 Å². The third-order valence-electron chi connectivity index (χ3n) is 5.68. The molecule has 2 amide bonds. The van der Waals surface area contributed by atoms with Crippen LogP contribution in [0.1, 0.15) is 20.2 Å². The summed E-state index contributed by atoms with van der Waals surface area (Å²) in [5.41, 5.74) is 1.78. The van der Waals surface area contributed by atoms with Gasteiger partial charge in [0.15, 0.2) is 5.01 Å². The van der Waals surface area contributed by atoms with Crippen LogP contribution in [0.3, 0.4) is 0 Å². The fourth-order valence-corrected chi connectivity index (χ4v) is 4.58. The first-order valence-electron chi connectivity index (χ1n) is 9.48. The molecule has 2 aliphatic heterocycles. The number of nitrogens with one attached hydrogen (secondary N) is 1. The van der Waals surface area contributed by atoms with Crippen molar-refractivity contribution < 1.29 is 9.59 Å². The lowest BCUT2D eigenvalue weighted by atomic mass is 10.0. The van der Waals surface area contributed by atoms with E-state index in [9.17, 15) is 9.59 Å². The zero-order chi connectivity index (χ0) is 19.1. The number of hydrogen-bond acceptors (Lipinski definition) is 5. The number of thiazole rings is 1. The molecule has 7 nitrogen and oxygen atoms in total. The largest absolute Gasteiger partial charge is 0.361 e. The second-order valence-corrected chi connectivity index (χ2v) is 8.20. The summed E-state index contributed by atoms with van der Waals surface area (Å²) in [5.74, 6) is 0.122. The Hall–Kier alpha value is -2.71. The first kappa shape index (κ1) is 17.4. The summed E-state index contributed by atoms with van der Waals surface area (Å²) in [6.45, 7) is 4.63. The molecule has 2 aliphatic rings. The van der Waals surface area contributed by atoms with Crippen molar-refractivity contribution in [2.45, 2.75) is 6.04 Å². The van der Waals surface area contributed by atoms with Crippen molar-refractivity contribution >= 4 is 34.1 Å². The van der Waals surface area contributed by atoms with E-state index in [0.717, 1.165) is 42.6 Å². The van der Waals surface area contributed by atoms with Gasteiger partial charge in [0.2, 0.25) is 0 Å². The zero-order valence-corrected chi connectivity index (χ0v) is 16.2. The number of aromatic nitrogens is 2. The molecular weight excluding hydrogens is 374 g/mol. The highest BCUT2D eigenvalue weighted by Crippen LogP contribution is 2.22. The fraction of sp³-hybridized carbons (Fsp3) is 0.350. The van der Waals surface area contributed by atoms with Gasteiger partial charge in [0.1, 0.15) is 0 Å². The summed E-state index contributed by atoms with van der Waals surface area (Å²) in [7, 11) is 0. The predicted molar refractivity (Wildman–Crippen MR) is 108 cm³/mol. The Morgan fingerprint density at radius 2 is 1.86 bits per heavy atom. The van der Waals surface area contributed by atoms with E-state index in [1.54, 1.807) is 6.20 Å². The molecule has 144 valence electrons. The van der Waals surface area contributed by atoms with Crippen molar-refractivity contribution in [3.63, 3.8) is 0 Å². The van der Waals surface area contributed by atoms with Gasteiger partial charge >= 0.3 is 0 Å².